The number of aliphatic hydroxyl groups is 2. The number of aliphatic hydroxyl groups excluding tert-OH is 2. The van der Waals surface area contributed by atoms with E-state index in [0.717, 1.165) is 0 Å². The van der Waals surface area contributed by atoms with Gasteiger partial charge in [0.1, 0.15) is 11.7 Å². The first kappa shape index (κ1) is 30.5. The number of carbonyl (C=O) groups is 2. The van der Waals surface area contributed by atoms with Crippen molar-refractivity contribution in [1.82, 2.24) is 0 Å². The summed E-state index contributed by atoms with van der Waals surface area (Å²) >= 11 is 0. The summed E-state index contributed by atoms with van der Waals surface area (Å²) in [5, 5.41) is 45.0. The topological polar surface area (TPSA) is 146 Å². The number of nitrogens with one attached hydrogen (secondary N) is 1. The molecule has 0 fully saturated rings. The van der Waals surface area contributed by atoms with Gasteiger partial charge in [-0.3, -0.25) is 9.59 Å². The lowest BCUT2D eigenvalue weighted by Gasteiger charge is -2.30. The first-order valence-corrected chi connectivity index (χ1v) is 12.5. The second-order valence-electron chi connectivity index (χ2n) is 10.0. The molecule has 9 heteroatoms. The summed E-state index contributed by atoms with van der Waals surface area (Å²) in [6.07, 6.45) is 1.25. The number of hydrogen-bond donors (Lipinski definition) is 5. The zero-order valence-electron chi connectivity index (χ0n) is 22.5. The smallest absolute Gasteiger partial charge is 0.313 e. The Hall–Kier alpha value is -2.72. The van der Waals surface area contributed by atoms with E-state index in [1.807, 2.05) is 0 Å². The molecule has 1 aromatic rings. The quantitative estimate of drug-likeness (QED) is 0.379. The highest BCUT2D eigenvalue weighted by molar-refractivity contribution is 6.03. The lowest BCUT2D eigenvalue weighted by atomic mass is 9.85. The number of phenolic OH excluding ortho intramolecular Hbond substituents is 1. The average molecular weight is 520 g/mol. The molecule has 2 rings (SSSR count). The van der Waals surface area contributed by atoms with E-state index in [1.54, 1.807) is 45.9 Å². The molecule has 0 saturated carbocycles. The van der Waals surface area contributed by atoms with Gasteiger partial charge in [0.05, 0.1) is 24.4 Å². The summed E-state index contributed by atoms with van der Waals surface area (Å²) < 4.78 is 11.1. The zero-order valence-corrected chi connectivity index (χ0v) is 22.5. The molecule has 2 bridgehead atoms. The summed E-state index contributed by atoms with van der Waals surface area (Å²) in [6, 6.07) is 4.43. The minimum atomic E-state index is -1.04. The molecule has 9 nitrogen and oxygen atoms in total. The van der Waals surface area contributed by atoms with Gasteiger partial charge in [-0.05, 0) is 56.7 Å². The van der Waals surface area contributed by atoms with Gasteiger partial charge in [0.15, 0.2) is 0 Å². The van der Waals surface area contributed by atoms with Crippen molar-refractivity contribution < 1.29 is 39.5 Å². The average Bonchev–Trinajstić information content (AvgIpc) is 2.83. The van der Waals surface area contributed by atoms with Gasteiger partial charge in [-0.15, -0.1) is 0 Å². The minimum Gasteiger partial charge on any atom is -0.508 e. The molecule has 0 radical (unpaired) electrons. The van der Waals surface area contributed by atoms with Crippen LogP contribution in [-0.4, -0.2) is 64.8 Å². The molecule has 0 saturated heterocycles. The van der Waals surface area contributed by atoms with Crippen LogP contribution < -0.4 is 5.32 Å². The van der Waals surface area contributed by atoms with E-state index in [4.69, 9.17) is 9.47 Å². The summed E-state index contributed by atoms with van der Waals surface area (Å²) in [4.78, 5) is 24.9. The first-order valence-electron chi connectivity index (χ1n) is 12.5. The number of aromatic hydroxyl groups is 1. The van der Waals surface area contributed by atoms with Crippen LogP contribution in [0.15, 0.2) is 41.5 Å². The van der Waals surface area contributed by atoms with E-state index in [0.29, 0.717) is 35.2 Å². The molecular weight excluding hydrogens is 478 g/mol. The Kier molecular flexibility index (Phi) is 11.3. The molecule has 1 amide bonds. The van der Waals surface area contributed by atoms with Gasteiger partial charge in [0.25, 0.3) is 5.91 Å². The number of allylic oxidation sites excluding steroid dienone is 1. The van der Waals surface area contributed by atoms with Gasteiger partial charge < -0.3 is 35.2 Å². The standard InChI is InChI=1S/C28H41NO8/c1-15-8-7-9-22(36-5)24(28(34)35)16(2)10-17(3)26(32)23(37-6)11-18(4)25(31)19-12-20(29-27(15)33)14-21(30)13-19/h8,10,12-14,17-18,22-26,30-32H,7,9,11H2,1-6H3,(H,29,33)(H,34,35)/b15-8+,16-10+/t17-,18-,22-,23-,24-,25?,26+/m0/s1. The van der Waals surface area contributed by atoms with Gasteiger partial charge in [-0.1, -0.05) is 31.6 Å². The normalized spacial score (nSPS) is 33.5. The number of phenols is 1. The molecule has 7 atom stereocenters. The summed E-state index contributed by atoms with van der Waals surface area (Å²) in [7, 11) is 2.93. The number of hydrogen-bond acceptors (Lipinski definition) is 7. The molecule has 1 aliphatic heterocycles. The van der Waals surface area contributed by atoms with Crippen LogP contribution in [0.2, 0.25) is 0 Å². The Morgan fingerprint density at radius 1 is 1.05 bits per heavy atom. The van der Waals surface area contributed by atoms with Crippen LogP contribution in [0.1, 0.15) is 58.6 Å². The predicted octanol–water partition coefficient (Wildman–Crippen LogP) is 3.80. The number of rotatable bonds is 3. The highest BCUT2D eigenvalue weighted by atomic mass is 16.5. The molecule has 37 heavy (non-hydrogen) atoms. The Morgan fingerprint density at radius 3 is 2.30 bits per heavy atom. The molecule has 1 aromatic carbocycles. The van der Waals surface area contributed by atoms with Crippen molar-refractivity contribution in [3.05, 3.63) is 47.1 Å². The van der Waals surface area contributed by atoms with Crippen LogP contribution in [-0.2, 0) is 19.1 Å². The van der Waals surface area contributed by atoms with Crippen LogP contribution in [0, 0.1) is 17.8 Å². The molecule has 0 aromatic heterocycles. The van der Waals surface area contributed by atoms with E-state index in [1.165, 1.54) is 26.4 Å². The number of carboxylic acid groups (broad SMARTS) is 1. The number of benzene rings is 1. The van der Waals surface area contributed by atoms with Crippen molar-refractivity contribution in [3.63, 3.8) is 0 Å². The van der Waals surface area contributed by atoms with E-state index < -0.39 is 42.2 Å². The van der Waals surface area contributed by atoms with E-state index in [2.05, 4.69) is 5.32 Å². The number of carboxylic acids is 1. The van der Waals surface area contributed by atoms with Crippen molar-refractivity contribution >= 4 is 17.6 Å². The third-order valence-electron chi connectivity index (χ3n) is 7.12. The maximum Gasteiger partial charge on any atom is 0.313 e. The lowest BCUT2D eigenvalue weighted by Crippen LogP contribution is -2.36. The van der Waals surface area contributed by atoms with E-state index in [9.17, 15) is 30.0 Å². The summed E-state index contributed by atoms with van der Waals surface area (Å²) in [5.41, 5.74) is 1.72. The minimum absolute atomic E-state index is 0.105. The zero-order chi connectivity index (χ0) is 27.9. The fourth-order valence-corrected chi connectivity index (χ4v) is 4.89. The molecule has 1 aliphatic rings. The van der Waals surface area contributed by atoms with Gasteiger partial charge in [-0.25, -0.2) is 0 Å². The number of fused-ring (bicyclic) bond motifs is 2. The highest BCUT2D eigenvalue weighted by Gasteiger charge is 2.32. The van der Waals surface area contributed by atoms with E-state index in [-0.39, 0.29) is 24.0 Å². The van der Waals surface area contributed by atoms with Gasteiger partial charge in [0.2, 0.25) is 0 Å². The number of ether oxygens (including phenoxy) is 2. The Morgan fingerprint density at radius 2 is 1.70 bits per heavy atom. The Labute approximate surface area is 218 Å². The largest absolute Gasteiger partial charge is 0.508 e. The molecule has 5 N–H and O–H groups in total. The second kappa shape index (κ2) is 13.7. The second-order valence-corrected chi connectivity index (χ2v) is 10.0. The maximum absolute atomic E-state index is 12.7. The van der Waals surface area contributed by atoms with Crippen molar-refractivity contribution in [3.8, 4) is 5.75 Å². The van der Waals surface area contributed by atoms with Crippen molar-refractivity contribution in [2.45, 2.75) is 71.4 Å². The summed E-state index contributed by atoms with van der Waals surface area (Å²) in [5.74, 6) is -3.27. The summed E-state index contributed by atoms with van der Waals surface area (Å²) in [6.45, 7) is 6.94. The van der Waals surface area contributed by atoms with Crippen LogP contribution in [0.25, 0.3) is 0 Å². The first-order chi connectivity index (χ1) is 17.4. The molecule has 0 spiro atoms. The number of methoxy groups -OCH3 is 2. The molecule has 1 heterocycles. The molecular formula is C28H41NO8. The van der Waals surface area contributed by atoms with Gasteiger partial charge in [-0.2, -0.15) is 0 Å². The monoisotopic (exact) mass is 519 g/mol. The highest BCUT2D eigenvalue weighted by Crippen LogP contribution is 2.33. The van der Waals surface area contributed by atoms with Crippen LogP contribution in [0.4, 0.5) is 5.69 Å². The SMILES string of the molecule is CO[C@H]1C[C@H](C)C(O)c2cc(O)cc(c2)NC(=O)/C(C)=C/CC[C@H](OC)[C@@H](C(=O)O)/C(C)=C/[C@H](C)[C@H]1O. The lowest BCUT2D eigenvalue weighted by molar-refractivity contribution is -0.144. The number of aliphatic carboxylic acids is 1. The van der Waals surface area contributed by atoms with E-state index >= 15 is 0 Å². The van der Waals surface area contributed by atoms with Gasteiger partial charge in [0, 0.05) is 37.5 Å². The van der Waals surface area contributed by atoms with Crippen molar-refractivity contribution in [2.24, 2.45) is 17.8 Å². The van der Waals surface area contributed by atoms with Crippen molar-refractivity contribution in [2.75, 3.05) is 19.5 Å². The molecule has 1 unspecified atom stereocenters. The fourth-order valence-electron chi connectivity index (χ4n) is 4.89. The van der Waals surface area contributed by atoms with Crippen LogP contribution >= 0.6 is 0 Å². The Balaban J connectivity index is 2.52. The predicted molar refractivity (Wildman–Crippen MR) is 140 cm³/mol. The number of amides is 1. The molecule has 206 valence electrons. The molecule has 0 aliphatic carbocycles. The van der Waals surface area contributed by atoms with Crippen LogP contribution in [0.5, 0.6) is 5.75 Å². The van der Waals surface area contributed by atoms with Crippen molar-refractivity contribution in [1.29, 1.82) is 0 Å². The number of carbonyl (C=O) groups excluding carboxylic acids is 1. The maximum atomic E-state index is 12.7. The third-order valence-corrected chi connectivity index (χ3v) is 7.12. The third kappa shape index (κ3) is 8.13. The fraction of sp³-hybridized carbons (Fsp3) is 0.571. The van der Waals surface area contributed by atoms with Crippen LogP contribution in [0.3, 0.4) is 0 Å². The Bertz CT molecular complexity index is 1000. The number of anilines is 1. The van der Waals surface area contributed by atoms with Gasteiger partial charge >= 0.3 is 5.97 Å².